The van der Waals surface area contributed by atoms with Crippen LogP contribution < -0.4 is 14.9 Å². The maximum absolute atomic E-state index is 14.1. The Hall–Kier alpha value is -3.49. The minimum absolute atomic E-state index is 0.128. The van der Waals surface area contributed by atoms with Crippen LogP contribution >= 0.6 is 38.9 Å². The molecule has 1 atom stereocenters. The number of aromatic nitrogens is 1. The van der Waals surface area contributed by atoms with Crippen LogP contribution in [0.5, 0.6) is 5.75 Å². The van der Waals surface area contributed by atoms with Gasteiger partial charge in [-0.05, 0) is 36.8 Å². The molecule has 1 aliphatic heterocycles. The lowest BCUT2D eigenvalue weighted by atomic mass is 9.95. The van der Waals surface area contributed by atoms with E-state index in [-0.39, 0.29) is 36.6 Å². The van der Waals surface area contributed by atoms with Gasteiger partial charge in [0.2, 0.25) is 5.75 Å². The van der Waals surface area contributed by atoms with Crippen molar-refractivity contribution in [2.24, 2.45) is 4.99 Å². The maximum atomic E-state index is 14.1. The molecule has 0 fully saturated rings. The van der Waals surface area contributed by atoms with Crippen LogP contribution in [0.4, 0.5) is 18.9 Å². The summed E-state index contributed by atoms with van der Waals surface area (Å²) >= 11 is 9.58. The van der Waals surface area contributed by atoms with E-state index >= 15 is 0 Å². The molecule has 2 heterocycles. The molecule has 0 radical (unpaired) electrons. The number of nitro groups is 1. The molecule has 0 aliphatic carbocycles. The van der Waals surface area contributed by atoms with Crippen LogP contribution in [-0.2, 0) is 9.53 Å². The Morgan fingerprint density at radius 1 is 1.34 bits per heavy atom. The molecule has 3 aromatic rings. The fourth-order valence-electron chi connectivity index (χ4n) is 3.80. The molecule has 0 unspecified atom stereocenters. The topological polar surface area (TPSA) is 124 Å². The quantitative estimate of drug-likeness (QED) is 0.253. The van der Waals surface area contributed by atoms with E-state index < -0.39 is 51.4 Å². The average molecular weight is 633 g/mol. The number of alkyl halides is 3. The molecule has 198 valence electrons. The van der Waals surface area contributed by atoms with Crippen LogP contribution in [0, 0.1) is 10.1 Å². The van der Waals surface area contributed by atoms with E-state index in [1.807, 2.05) is 0 Å². The summed E-state index contributed by atoms with van der Waals surface area (Å²) in [5, 5.41) is 21.9. The van der Waals surface area contributed by atoms with Crippen molar-refractivity contribution in [3.63, 3.8) is 0 Å². The SMILES string of the molecule is CCOC(=O)C1=C(C(F)(F)F)N=c2s/c(=C\c3cc(Br)cc([N+](=O)[O-])c3O)c(=O)n2[C@@H]1c1ccc(Cl)cc1. The highest BCUT2D eigenvalue weighted by Gasteiger charge is 2.45. The fourth-order valence-corrected chi connectivity index (χ4v) is 5.38. The number of carbonyl (C=O) groups excluding carboxylic acids is 1. The molecule has 1 N–H and O–H groups in total. The van der Waals surface area contributed by atoms with Crippen molar-refractivity contribution in [3.8, 4) is 5.75 Å². The standard InChI is InChI=1S/C23H14BrClF3N3O6S/c1-2-37-21(34)16-17(10-3-5-13(25)6-4-10)30-20(33)15(38-22(30)29-19(16)23(26,27)28)8-11-7-12(24)9-14(18(11)32)31(35)36/h3-9,17,32H,2H2,1H3/b15-8-/t17-/m1/s1. The highest BCUT2D eigenvalue weighted by Crippen LogP contribution is 2.39. The molecule has 1 aliphatic rings. The van der Waals surface area contributed by atoms with Crippen LogP contribution in [0.3, 0.4) is 0 Å². The second-order valence-electron chi connectivity index (χ2n) is 7.73. The van der Waals surface area contributed by atoms with Crippen LogP contribution in [0.1, 0.15) is 24.1 Å². The summed E-state index contributed by atoms with van der Waals surface area (Å²) in [6.07, 6.45) is -3.98. The summed E-state index contributed by atoms with van der Waals surface area (Å²) < 4.78 is 48.2. The number of carbonyl (C=O) groups is 1. The largest absolute Gasteiger partial charge is 0.502 e. The van der Waals surface area contributed by atoms with Gasteiger partial charge in [-0.3, -0.25) is 19.5 Å². The van der Waals surface area contributed by atoms with Crippen LogP contribution in [0.2, 0.25) is 5.02 Å². The summed E-state index contributed by atoms with van der Waals surface area (Å²) in [6, 6.07) is 6.28. The Labute approximate surface area is 228 Å². The molecular formula is C23H14BrClF3N3O6S. The van der Waals surface area contributed by atoms with Gasteiger partial charge in [-0.1, -0.05) is 51.0 Å². The molecule has 0 spiro atoms. The first kappa shape index (κ1) is 27.5. The summed E-state index contributed by atoms with van der Waals surface area (Å²) in [5.41, 5.74) is -3.92. The Balaban J connectivity index is 2.07. The molecule has 38 heavy (non-hydrogen) atoms. The minimum atomic E-state index is -5.08. The van der Waals surface area contributed by atoms with Crippen LogP contribution in [-0.4, -0.2) is 33.3 Å². The molecule has 0 saturated heterocycles. The number of esters is 1. The van der Waals surface area contributed by atoms with E-state index in [0.29, 0.717) is 11.3 Å². The van der Waals surface area contributed by atoms with E-state index in [4.69, 9.17) is 16.3 Å². The monoisotopic (exact) mass is 631 g/mol. The predicted molar refractivity (Wildman–Crippen MR) is 135 cm³/mol. The van der Waals surface area contributed by atoms with Gasteiger partial charge in [-0.2, -0.15) is 13.2 Å². The van der Waals surface area contributed by atoms with Crippen molar-refractivity contribution >= 4 is 56.6 Å². The molecule has 4 rings (SSSR count). The fraction of sp³-hybridized carbons (Fsp3) is 0.174. The zero-order chi connectivity index (χ0) is 27.9. The molecule has 2 aromatic carbocycles. The number of phenols is 1. The summed E-state index contributed by atoms with van der Waals surface area (Å²) in [6.45, 7) is 1.19. The molecule has 1 aromatic heterocycles. The van der Waals surface area contributed by atoms with Gasteiger partial charge in [0.25, 0.3) is 5.56 Å². The summed E-state index contributed by atoms with van der Waals surface area (Å²) in [5.74, 6) is -2.06. The molecule has 0 amide bonds. The van der Waals surface area contributed by atoms with E-state index in [1.165, 1.54) is 37.3 Å². The van der Waals surface area contributed by atoms with E-state index in [9.17, 15) is 38.0 Å². The molecule has 9 nitrogen and oxygen atoms in total. The zero-order valence-electron chi connectivity index (χ0n) is 19.0. The molecule has 0 bridgehead atoms. The average Bonchev–Trinajstić information content (AvgIpc) is 3.15. The molecule has 15 heteroatoms. The number of hydrogen-bond acceptors (Lipinski definition) is 8. The van der Waals surface area contributed by atoms with Gasteiger partial charge in [0.15, 0.2) is 10.5 Å². The second-order valence-corrected chi connectivity index (χ2v) is 10.1. The van der Waals surface area contributed by atoms with Crippen molar-refractivity contribution in [1.29, 1.82) is 0 Å². The van der Waals surface area contributed by atoms with Gasteiger partial charge >= 0.3 is 17.8 Å². The van der Waals surface area contributed by atoms with Crippen LogP contribution in [0.15, 0.2) is 61.9 Å². The van der Waals surface area contributed by atoms with Gasteiger partial charge in [0.05, 0.1) is 27.7 Å². The number of aromatic hydroxyl groups is 1. The Morgan fingerprint density at radius 3 is 2.58 bits per heavy atom. The lowest BCUT2D eigenvalue weighted by molar-refractivity contribution is -0.385. The zero-order valence-corrected chi connectivity index (χ0v) is 22.1. The lowest BCUT2D eigenvalue weighted by Crippen LogP contribution is -2.41. The first-order valence-corrected chi connectivity index (χ1v) is 12.5. The third-order valence-electron chi connectivity index (χ3n) is 5.35. The van der Waals surface area contributed by atoms with Crippen molar-refractivity contribution in [2.75, 3.05) is 6.61 Å². The van der Waals surface area contributed by atoms with Gasteiger partial charge in [-0.25, -0.2) is 9.79 Å². The van der Waals surface area contributed by atoms with Gasteiger partial charge < -0.3 is 9.84 Å². The number of nitro benzene ring substituents is 1. The van der Waals surface area contributed by atoms with Crippen molar-refractivity contribution in [3.05, 3.63) is 98.1 Å². The first-order valence-electron chi connectivity index (χ1n) is 10.6. The normalized spacial score (nSPS) is 15.7. The number of nitrogens with zero attached hydrogens (tertiary/aromatic N) is 3. The third kappa shape index (κ3) is 5.11. The van der Waals surface area contributed by atoms with Crippen LogP contribution in [0.25, 0.3) is 6.08 Å². The van der Waals surface area contributed by atoms with Crippen molar-refractivity contribution < 1.29 is 32.7 Å². The number of fused-ring (bicyclic) bond motifs is 1. The van der Waals surface area contributed by atoms with E-state index in [1.54, 1.807) is 0 Å². The predicted octanol–water partition coefficient (Wildman–Crippen LogP) is 4.37. The number of thiazole rings is 1. The van der Waals surface area contributed by atoms with E-state index in [0.717, 1.165) is 16.7 Å². The highest BCUT2D eigenvalue weighted by atomic mass is 79.9. The number of benzene rings is 2. The van der Waals surface area contributed by atoms with Gasteiger partial charge in [0, 0.05) is 21.1 Å². The molecular weight excluding hydrogens is 619 g/mol. The number of phenolic OH excluding ortho intramolecular Hbond substituents is 1. The smallest absolute Gasteiger partial charge is 0.434 e. The second kappa shape index (κ2) is 10.3. The molecule has 0 saturated carbocycles. The third-order valence-corrected chi connectivity index (χ3v) is 7.04. The number of ether oxygens (including phenoxy) is 1. The Morgan fingerprint density at radius 2 is 2.00 bits per heavy atom. The van der Waals surface area contributed by atoms with Gasteiger partial charge in [-0.15, -0.1) is 0 Å². The van der Waals surface area contributed by atoms with Crippen molar-refractivity contribution in [2.45, 2.75) is 19.1 Å². The number of allylic oxidation sites excluding steroid dienone is 1. The minimum Gasteiger partial charge on any atom is -0.502 e. The number of rotatable bonds is 5. The Kier molecular flexibility index (Phi) is 7.50. The van der Waals surface area contributed by atoms with Gasteiger partial charge in [0.1, 0.15) is 0 Å². The highest BCUT2D eigenvalue weighted by molar-refractivity contribution is 9.10. The number of halogens is 5. The maximum Gasteiger partial charge on any atom is 0.434 e. The summed E-state index contributed by atoms with van der Waals surface area (Å²) in [7, 11) is 0. The summed E-state index contributed by atoms with van der Waals surface area (Å²) in [4.78, 5) is 40.0. The number of hydrogen-bond donors (Lipinski definition) is 1. The Bertz CT molecular complexity index is 1680. The van der Waals surface area contributed by atoms with E-state index in [2.05, 4.69) is 20.9 Å². The first-order chi connectivity index (χ1) is 17.8. The van der Waals surface area contributed by atoms with Crippen molar-refractivity contribution in [1.82, 2.24) is 4.57 Å². The lowest BCUT2D eigenvalue weighted by Gasteiger charge is -2.26.